The smallest absolute Gasteiger partial charge is 0.150 e. The van der Waals surface area contributed by atoms with E-state index in [2.05, 4.69) is 36.9 Å². The Morgan fingerprint density at radius 2 is 1.78 bits per heavy atom. The molecular weight excluding hydrogens is 286 g/mol. The van der Waals surface area contributed by atoms with Crippen molar-refractivity contribution in [3.63, 3.8) is 0 Å². The second kappa shape index (κ2) is 7.07. The van der Waals surface area contributed by atoms with E-state index in [1.807, 2.05) is 30.3 Å². The van der Waals surface area contributed by atoms with Crippen LogP contribution >= 0.6 is 0 Å². The van der Waals surface area contributed by atoms with Gasteiger partial charge in [-0.2, -0.15) is 0 Å². The van der Waals surface area contributed by atoms with Crippen LogP contribution in [0, 0.1) is 0 Å². The first-order valence-electron chi connectivity index (χ1n) is 8.17. The van der Waals surface area contributed by atoms with Crippen LogP contribution < -0.4 is 0 Å². The van der Waals surface area contributed by atoms with Gasteiger partial charge in [-0.05, 0) is 36.6 Å². The maximum atomic E-state index is 11.2. The summed E-state index contributed by atoms with van der Waals surface area (Å²) in [6.07, 6.45) is 1.41. The topological polar surface area (TPSA) is 29.5 Å². The zero-order chi connectivity index (χ0) is 16.2. The molecular formula is C20H23NO2. The summed E-state index contributed by atoms with van der Waals surface area (Å²) in [6.45, 7) is 6.91. The van der Waals surface area contributed by atoms with Crippen LogP contribution in [0.3, 0.4) is 0 Å². The lowest BCUT2D eigenvalue weighted by atomic mass is 9.97. The quantitative estimate of drug-likeness (QED) is 0.805. The Morgan fingerprint density at radius 3 is 2.43 bits per heavy atom. The van der Waals surface area contributed by atoms with Crippen LogP contribution in [0.1, 0.15) is 29.8 Å². The van der Waals surface area contributed by atoms with Crippen LogP contribution in [0.4, 0.5) is 0 Å². The molecule has 0 bridgehead atoms. The molecule has 3 heteroatoms. The van der Waals surface area contributed by atoms with Gasteiger partial charge in [0.25, 0.3) is 0 Å². The second-order valence-corrected chi connectivity index (χ2v) is 6.35. The van der Waals surface area contributed by atoms with Crippen molar-refractivity contribution in [1.29, 1.82) is 0 Å². The molecule has 0 spiro atoms. The molecule has 1 aliphatic rings. The molecule has 0 amide bonds. The van der Waals surface area contributed by atoms with Gasteiger partial charge in [0, 0.05) is 25.2 Å². The molecule has 0 radical (unpaired) electrons. The third-order valence-corrected chi connectivity index (χ3v) is 4.24. The van der Waals surface area contributed by atoms with Gasteiger partial charge in [-0.3, -0.25) is 9.69 Å². The highest BCUT2D eigenvalue weighted by atomic mass is 16.5. The van der Waals surface area contributed by atoms with Crippen molar-refractivity contribution >= 4 is 6.29 Å². The zero-order valence-electron chi connectivity index (χ0n) is 13.7. The number of ether oxygens (including phenoxy) is 1. The van der Waals surface area contributed by atoms with E-state index in [4.69, 9.17) is 4.74 Å². The Bertz CT molecular complexity index is 659. The molecule has 23 heavy (non-hydrogen) atoms. The van der Waals surface area contributed by atoms with Crippen LogP contribution in [0.2, 0.25) is 0 Å². The standard InChI is InChI=1S/C20H23NO2/c1-15-11-21(12-16(2)23-15)13-19-10-17(14-22)8-9-20(19)18-6-4-3-5-7-18/h3-10,14-16H,11-13H2,1-2H3. The van der Waals surface area contributed by atoms with Gasteiger partial charge in [-0.1, -0.05) is 42.5 Å². The maximum Gasteiger partial charge on any atom is 0.150 e. The molecule has 2 aromatic rings. The first-order chi connectivity index (χ1) is 11.2. The first-order valence-corrected chi connectivity index (χ1v) is 8.17. The summed E-state index contributed by atoms with van der Waals surface area (Å²) in [7, 11) is 0. The predicted octanol–water partition coefficient (Wildman–Crippen LogP) is 3.78. The van der Waals surface area contributed by atoms with Crippen molar-refractivity contribution in [2.75, 3.05) is 13.1 Å². The molecule has 0 aliphatic carbocycles. The third kappa shape index (κ3) is 3.87. The molecule has 0 saturated carbocycles. The lowest BCUT2D eigenvalue weighted by Crippen LogP contribution is -2.44. The van der Waals surface area contributed by atoms with Gasteiger partial charge in [-0.15, -0.1) is 0 Å². The Labute approximate surface area is 137 Å². The van der Waals surface area contributed by atoms with E-state index in [-0.39, 0.29) is 12.2 Å². The van der Waals surface area contributed by atoms with E-state index in [1.54, 1.807) is 0 Å². The molecule has 1 saturated heterocycles. The lowest BCUT2D eigenvalue weighted by molar-refractivity contribution is -0.0704. The third-order valence-electron chi connectivity index (χ3n) is 4.24. The van der Waals surface area contributed by atoms with Crippen molar-refractivity contribution < 1.29 is 9.53 Å². The highest BCUT2D eigenvalue weighted by molar-refractivity contribution is 5.78. The summed E-state index contributed by atoms with van der Waals surface area (Å²) in [5.74, 6) is 0. The molecule has 1 heterocycles. The van der Waals surface area contributed by atoms with Gasteiger partial charge in [0.2, 0.25) is 0 Å². The van der Waals surface area contributed by atoms with Gasteiger partial charge < -0.3 is 4.74 Å². The number of carbonyl (C=O) groups excluding carboxylic acids is 1. The van der Waals surface area contributed by atoms with Crippen molar-refractivity contribution in [3.05, 3.63) is 59.7 Å². The molecule has 0 N–H and O–H groups in total. The molecule has 1 fully saturated rings. The van der Waals surface area contributed by atoms with Gasteiger partial charge in [0.15, 0.2) is 0 Å². The highest BCUT2D eigenvalue weighted by Crippen LogP contribution is 2.26. The molecule has 0 aromatic heterocycles. The summed E-state index contributed by atoms with van der Waals surface area (Å²) in [5.41, 5.74) is 4.31. The molecule has 3 rings (SSSR count). The average Bonchev–Trinajstić information content (AvgIpc) is 2.54. The van der Waals surface area contributed by atoms with Crippen molar-refractivity contribution in [1.82, 2.24) is 4.90 Å². The fraction of sp³-hybridized carbons (Fsp3) is 0.350. The normalized spacial score (nSPS) is 22.0. The van der Waals surface area contributed by atoms with Crippen LogP contribution in [0.15, 0.2) is 48.5 Å². The van der Waals surface area contributed by atoms with Crippen molar-refractivity contribution in [3.8, 4) is 11.1 Å². The number of hydrogen-bond donors (Lipinski definition) is 0. The number of nitrogens with zero attached hydrogens (tertiary/aromatic N) is 1. The minimum atomic E-state index is 0.244. The van der Waals surface area contributed by atoms with Crippen LogP contribution in [0.25, 0.3) is 11.1 Å². The largest absolute Gasteiger partial charge is 0.373 e. The Balaban J connectivity index is 1.91. The number of benzene rings is 2. The summed E-state index contributed by atoms with van der Waals surface area (Å²) < 4.78 is 5.82. The average molecular weight is 309 g/mol. The van der Waals surface area contributed by atoms with E-state index in [1.165, 1.54) is 16.7 Å². The Morgan fingerprint density at radius 1 is 1.09 bits per heavy atom. The summed E-state index contributed by atoms with van der Waals surface area (Å²) in [6, 6.07) is 16.3. The van der Waals surface area contributed by atoms with E-state index >= 15 is 0 Å². The van der Waals surface area contributed by atoms with Gasteiger partial charge in [0.1, 0.15) is 6.29 Å². The minimum absolute atomic E-state index is 0.244. The number of aldehydes is 1. The Kier molecular flexibility index (Phi) is 4.89. The maximum absolute atomic E-state index is 11.2. The minimum Gasteiger partial charge on any atom is -0.373 e. The Hall–Kier alpha value is -1.97. The predicted molar refractivity (Wildman–Crippen MR) is 92.6 cm³/mol. The fourth-order valence-corrected chi connectivity index (χ4v) is 3.37. The lowest BCUT2D eigenvalue weighted by Gasteiger charge is -2.35. The monoisotopic (exact) mass is 309 g/mol. The van der Waals surface area contributed by atoms with Gasteiger partial charge in [-0.25, -0.2) is 0 Å². The number of hydrogen-bond acceptors (Lipinski definition) is 3. The number of morpholine rings is 1. The molecule has 3 nitrogen and oxygen atoms in total. The number of carbonyl (C=O) groups is 1. The zero-order valence-corrected chi connectivity index (χ0v) is 13.7. The summed E-state index contributed by atoms with van der Waals surface area (Å²) in [5, 5.41) is 0. The second-order valence-electron chi connectivity index (χ2n) is 6.35. The van der Waals surface area contributed by atoms with Crippen LogP contribution in [0.5, 0.6) is 0 Å². The van der Waals surface area contributed by atoms with Gasteiger partial charge >= 0.3 is 0 Å². The van der Waals surface area contributed by atoms with E-state index in [9.17, 15) is 4.79 Å². The molecule has 2 aromatic carbocycles. The van der Waals surface area contributed by atoms with Crippen LogP contribution in [-0.4, -0.2) is 36.5 Å². The van der Waals surface area contributed by atoms with E-state index < -0.39 is 0 Å². The highest BCUT2D eigenvalue weighted by Gasteiger charge is 2.23. The fourth-order valence-electron chi connectivity index (χ4n) is 3.37. The summed E-state index contributed by atoms with van der Waals surface area (Å²) >= 11 is 0. The first kappa shape index (κ1) is 15.9. The molecule has 2 atom stereocenters. The van der Waals surface area contributed by atoms with Crippen LogP contribution in [-0.2, 0) is 11.3 Å². The molecule has 1 aliphatic heterocycles. The van der Waals surface area contributed by atoms with Crippen molar-refractivity contribution in [2.24, 2.45) is 0 Å². The van der Waals surface area contributed by atoms with Gasteiger partial charge in [0.05, 0.1) is 12.2 Å². The molecule has 120 valence electrons. The molecule has 2 unspecified atom stereocenters. The van der Waals surface area contributed by atoms with Crippen molar-refractivity contribution in [2.45, 2.75) is 32.6 Å². The SMILES string of the molecule is CC1CN(Cc2cc(C=O)ccc2-c2ccccc2)CC(C)O1. The summed E-state index contributed by atoms with van der Waals surface area (Å²) in [4.78, 5) is 13.6. The van der Waals surface area contributed by atoms with E-state index in [0.29, 0.717) is 0 Å². The van der Waals surface area contributed by atoms with E-state index in [0.717, 1.165) is 31.5 Å². The number of rotatable bonds is 4.